The van der Waals surface area contributed by atoms with E-state index in [4.69, 9.17) is 5.84 Å². The summed E-state index contributed by atoms with van der Waals surface area (Å²) in [4.78, 5) is 0. The van der Waals surface area contributed by atoms with Crippen LogP contribution in [0.2, 0.25) is 0 Å². The average Bonchev–Trinajstić information content (AvgIpc) is 1.65. The van der Waals surface area contributed by atoms with E-state index in [1.807, 2.05) is 0 Å². The van der Waals surface area contributed by atoms with Crippen LogP contribution in [0, 0.1) is 5.21 Å². The van der Waals surface area contributed by atoms with Gasteiger partial charge in [0.05, 0.1) is 22.9 Å². The number of rotatable bonds is 2. The smallest absolute Gasteiger partial charge is 0.0842 e. The minimum Gasteiger partial charge on any atom is -0.562 e. The summed E-state index contributed by atoms with van der Waals surface area (Å²) in [6.45, 7) is 0. The van der Waals surface area contributed by atoms with Gasteiger partial charge in [-0.15, -0.1) is 16.4 Å². The summed E-state index contributed by atoms with van der Waals surface area (Å²) in [5.74, 6) is 11.2. The first-order valence-electron chi connectivity index (χ1n) is 1.43. The van der Waals surface area contributed by atoms with Gasteiger partial charge in [-0.25, -0.2) is 0 Å². The molecule has 7 heavy (non-hydrogen) atoms. The molecule has 0 aromatic heterocycles. The van der Waals surface area contributed by atoms with Crippen LogP contribution in [0.15, 0.2) is 0 Å². The highest BCUT2D eigenvalue weighted by atomic mass is 127. The molecule has 0 spiro atoms. The van der Waals surface area contributed by atoms with Crippen LogP contribution in [-0.2, 0) is 0 Å². The topological polar surface area (TPSA) is 93.8 Å². The molecule has 7 heteroatoms. The van der Waals surface area contributed by atoms with Gasteiger partial charge in [0.2, 0.25) is 0 Å². The molecule has 0 aliphatic heterocycles. The molecule has 0 saturated carbocycles. The van der Waals surface area contributed by atoms with Crippen LogP contribution in [0.3, 0.4) is 0 Å². The molecule has 0 radical (unpaired) electrons. The van der Waals surface area contributed by atoms with Crippen molar-refractivity contribution < 1.29 is 10.5 Å². The monoisotopic (exact) mass is 219 g/mol. The predicted octanol–water partition coefficient (Wildman–Crippen LogP) is -3.14. The van der Waals surface area contributed by atoms with E-state index >= 15 is 0 Å². The molecule has 0 aromatic carbocycles. The maximum absolute atomic E-state index is 9.86. The van der Waals surface area contributed by atoms with Crippen LogP contribution < -0.4 is 20.0 Å². The maximum Gasteiger partial charge on any atom is 0.0842 e. The zero-order chi connectivity index (χ0) is 5.86. The summed E-state index contributed by atoms with van der Waals surface area (Å²) in [5.41, 5.74) is 0. The van der Waals surface area contributed by atoms with Gasteiger partial charge in [-0.3, -0.25) is 0 Å². The molecular weight excluding hydrogens is 213 g/mol. The summed E-state index contributed by atoms with van der Waals surface area (Å²) in [6, 6.07) is 0. The Hall–Kier alpha value is 0.490. The van der Waals surface area contributed by atoms with Crippen LogP contribution in [-0.4, -0.2) is 0 Å². The van der Waals surface area contributed by atoms with Crippen molar-refractivity contribution in [1.29, 1.82) is 0 Å². The van der Waals surface area contributed by atoms with E-state index in [0.717, 1.165) is 0 Å². The Morgan fingerprint density at radius 3 is 2.29 bits per heavy atom. The minimum absolute atomic E-state index is 0.277. The molecule has 6 nitrogen and oxygen atoms in total. The number of nitrogens with one attached hydrogen (secondary N) is 4. The highest BCUT2D eigenvalue weighted by Gasteiger charge is 1.89. The number of hydrogen-bond acceptors (Lipinski definition) is 3. The molecule has 0 saturated heterocycles. The minimum atomic E-state index is -0.741. The lowest BCUT2D eigenvalue weighted by Crippen LogP contribution is -3.60. The quantitative estimate of drug-likeness (QED) is 0.171. The lowest BCUT2D eigenvalue weighted by atomic mass is 12.1. The van der Waals surface area contributed by atoms with Crippen LogP contribution in [0.5, 0.6) is 0 Å². The van der Waals surface area contributed by atoms with Gasteiger partial charge in [-0.05, 0) is 0 Å². The van der Waals surface area contributed by atoms with Crippen LogP contribution >= 0.6 is 22.9 Å². The Morgan fingerprint density at radius 1 is 1.86 bits per heavy atom. The average molecular weight is 219 g/mol. The second-order valence-electron chi connectivity index (χ2n) is 0.834. The van der Waals surface area contributed by atoms with E-state index in [1.165, 1.54) is 0 Å². The summed E-state index contributed by atoms with van der Waals surface area (Å²) in [5, 5.41) is 8.84. The molecule has 44 valence electrons. The summed E-state index contributed by atoms with van der Waals surface area (Å²) in [7, 11) is 0. The number of quaternary nitrogens is 2. The highest BCUT2D eigenvalue weighted by molar-refractivity contribution is 14.1. The van der Waals surface area contributed by atoms with E-state index in [0.29, 0.717) is 0 Å². The molecule has 2 unspecified atom stereocenters. The number of halogens is 1. The molecule has 6 N–H and O–H groups in total. The Bertz CT molecular complexity index is 45.3. The molecule has 0 aliphatic rings. The second kappa shape index (κ2) is 3.49. The van der Waals surface area contributed by atoms with Crippen LogP contribution in [0.1, 0.15) is 0 Å². The Kier molecular flexibility index (Phi) is 3.73. The van der Waals surface area contributed by atoms with E-state index in [1.54, 1.807) is 22.9 Å². The zero-order valence-electron chi connectivity index (χ0n) is 3.36. The third-order valence-electron chi connectivity index (χ3n) is 0.341. The fraction of sp³-hybridized carbons (Fsp3) is 0. The standard InChI is InChI=1S/H6IN5O/c1-4-5(2)6(3)7/h2,4-6H,3H2. The van der Waals surface area contributed by atoms with Crippen molar-refractivity contribution in [3.05, 3.63) is 11.0 Å². The van der Waals surface area contributed by atoms with Crippen molar-refractivity contribution in [1.82, 2.24) is 3.64 Å². The van der Waals surface area contributed by atoms with Crippen molar-refractivity contribution >= 4 is 22.9 Å². The molecule has 0 fully saturated rings. The molecule has 0 aromatic rings. The van der Waals surface area contributed by atoms with Gasteiger partial charge in [0.15, 0.2) is 0 Å². The summed E-state index contributed by atoms with van der Waals surface area (Å²) in [6.07, 6.45) is 0. The van der Waals surface area contributed by atoms with E-state index in [2.05, 4.69) is 9.48 Å². The van der Waals surface area contributed by atoms with Crippen molar-refractivity contribution in [2.24, 2.45) is 5.84 Å². The second-order valence-corrected chi connectivity index (χ2v) is 1.37. The third-order valence-corrected chi connectivity index (χ3v) is 0.880. The third kappa shape index (κ3) is 3.11. The van der Waals surface area contributed by atoms with E-state index < -0.39 is 5.28 Å². The fourth-order valence-corrected chi connectivity index (χ4v) is 0.312. The highest BCUT2D eigenvalue weighted by Crippen LogP contribution is 1.47. The first-order valence-corrected chi connectivity index (χ1v) is 2.51. The molecule has 0 amide bonds. The normalized spacial score (nSPS) is 18.9. The fourth-order valence-electron chi connectivity index (χ4n) is 0.0466. The van der Waals surface area contributed by atoms with Gasteiger partial charge in [0.1, 0.15) is 0 Å². The van der Waals surface area contributed by atoms with E-state index in [9.17, 15) is 5.21 Å². The lowest BCUT2D eigenvalue weighted by Gasteiger charge is -2.24. The Morgan fingerprint density at radius 2 is 2.29 bits per heavy atom. The first-order chi connectivity index (χ1) is 3.18. The van der Waals surface area contributed by atoms with Gasteiger partial charge < -0.3 is 11.0 Å². The van der Waals surface area contributed by atoms with Gasteiger partial charge in [-0.1, -0.05) is 3.64 Å². The van der Waals surface area contributed by atoms with Crippen molar-refractivity contribution in [2.75, 3.05) is 0 Å². The van der Waals surface area contributed by atoms with Gasteiger partial charge in [-0.2, -0.15) is 0 Å². The summed E-state index contributed by atoms with van der Waals surface area (Å²) >= 11 is 1.65. The number of hydrogen-bond donors (Lipinski definition) is 4. The first kappa shape index (κ1) is 7.49. The molecule has 0 aliphatic carbocycles. The van der Waals surface area contributed by atoms with Gasteiger partial charge >= 0.3 is 0 Å². The summed E-state index contributed by atoms with van der Waals surface area (Å²) < 4.78 is 2.24. The lowest BCUT2D eigenvalue weighted by molar-refractivity contribution is -1.48. The number of nitrogens with two attached hydrogens (primary N) is 1. The van der Waals surface area contributed by atoms with Gasteiger partial charge in [0, 0.05) is 0 Å². The molecule has 0 rings (SSSR count). The molecular formula is H6IN5O. The SMILES string of the molecule is [NH-][NH+](NI)[NH+](N)[O-]. The van der Waals surface area contributed by atoms with E-state index in [-0.39, 0.29) is 5.23 Å². The van der Waals surface area contributed by atoms with Crippen molar-refractivity contribution in [3.8, 4) is 0 Å². The largest absolute Gasteiger partial charge is 0.562 e. The van der Waals surface area contributed by atoms with Crippen LogP contribution in [0.25, 0.3) is 5.84 Å². The Balaban J connectivity index is 3.14. The molecule has 0 heterocycles. The molecule has 0 bridgehead atoms. The van der Waals surface area contributed by atoms with Crippen LogP contribution in [0.4, 0.5) is 0 Å². The zero-order valence-corrected chi connectivity index (χ0v) is 5.52. The van der Waals surface area contributed by atoms with Crippen molar-refractivity contribution in [3.63, 3.8) is 0 Å². The maximum atomic E-state index is 9.86. The van der Waals surface area contributed by atoms with Gasteiger partial charge in [0.25, 0.3) is 0 Å². The van der Waals surface area contributed by atoms with Crippen molar-refractivity contribution in [2.45, 2.75) is 0 Å². The Labute approximate surface area is 54.4 Å². The molecule has 2 atom stereocenters. The predicted molar refractivity (Wildman–Crippen MR) is 31.0 cm³/mol.